The van der Waals surface area contributed by atoms with Crippen LogP contribution in [0, 0.1) is 12.7 Å². The van der Waals surface area contributed by atoms with Gasteiger partial charge in [-0.3, -0.25) is 9.79 Å². The first-order chi connectivity index (χ1) is 12.0. The van der Waals surface area contributed by atoms with Gasteiger partial charge in [0.15, 0.2) is 0 Å². The third kappa shape index (κ3) is 3.28. The topological polar surface area (TPSA) is 67.8 Å². The van der Waals surface area contributed by atoms with Crippen LogP contribution in [0.1, 0.15) is 23.6 Å². The molecule has 0 saturated heterocycles. The Morgan fingerprint density at radius 3 is 2.72 bits per heavy atom. The average Bonchev–Trinajstić information content (AvgIpc) is 2.72. The summed E-state index contributed by atoms with van der Waals surface area (Å²) in [7, 11) is 0. The van der Waals surface area contributed by atoms with E-state index in [9.17, 15) is 14.0 Å². The van der Waals surface area contributed by atoms with E-state index in [1.807, 2.05) is 13.0 Å². The number of benzodiazepines with no additional fused rings is 1. The summed E-state index contributed by atoms with van der Waals surface area (Å²) in [5, 5.41) is 2.68. The molecule has 1 heterocycles. The molecular weight excluding hydrogens is 323 g/mol. The third-order valence-electron chi connectivity index (χ3n) is 3.83. The van der Waals surface area contributed by atoms with E-state index in [2.05, 4.69) is 10.3 Å². The molecule has 0 fully saturated rings. The molecule has 0 bridgehead atoms. The molecule has 0 radical (unpaired) electrons. The highest BCUT2D eigenvalue weighted by molar-refractivity contribution is 6.22. The predicted molar refractivity (Wildman–Crippen MR) is 92.3 cm³/mol. The van der Waals surface area contributed by atoms with E-state index in [-0.39, 0.29) is 17.9 Å². The second kappa shape index (κ2) is 6.84. The molecule has 6 heteroatoms. The van der Waals surface area contributed by atoms with Crippen molar-refractivity contribution < 1.29 is 18.7 Å². The van der Waals surface area contributed by atoms with Crippen molar-refractivity contribution in [3.05, 3.63) is 65.0 Å². The minimum absolute atomic E-state index is 0.124. The van der Waals surface area contributed by atoms with Gasteiger partial charge >= 0.3 is 5.97 Å². The molecule has 1 amide bonds. The molecule has 2 aromatic rings. The number of anilines is 1. The number of carbonyl (C=O) groups is 2. The normalized spacial score (nSPS) is 16.4. The van der Waals surface area contributed by atoms with Crippen molar-refractivity contribution in [2.24, 2.45) is 4.99 Å². The van der Waals surface area contributed by atoms with Gasteiger partial charge in [0, 0.05) is 11.1 Å². The van der Waals surface area contributed by atoms with Gasteiger partial charge in [0.25, 0.3) is 5.91 Å². The molecule has 0 aromatic heterocycles. The van der Waals surface area contributed by atoms with E-state index >= 15 is 0 Å². The molecule has 1 aliphatic heterocycles. The Kier molecular flexibility index (Phi) is 4.61. The average molecular weight is 340 g/mol. The van der Waals surface area contributed by atoms with Crippen LogP contribution in [-0.4, -0.2) is 30.2 Å². The van der Waals surface area contributed by atoms with Crippen molar-refractivity contribution in [3.63, 3.8) is 0 Å². The molecular formula is C19H17FN2O3. The molecule has 0 aliphatic carbocycles. The maximum atomic E-state index is 14.4. The molecule has 0 saturated carbocycles. The van der Waals surface area contributed by atoms with Gasteiger partial charge in [-0.1, -0.05) is 23.8 Å². The van der Waals surface area contributed by atoms with Crippen molar-refractivity contribution >= 4 is 23.3 Å². The fraction of sp³-hybridized carbons (Fsp3) is 0.211. The summed E-state index contributed by atoms with van der Waals surface area (Å²) < 4.78 is 19.3. The number of hydrogen-bond donors (Lipinski definition) is 1. The van der Waals surface area contributed by atoms with Gasteiger partial charge in [0.2, 0.25) is 6.04 Å². The SMILES string of the molecule is CCOC(=O)C1N=C(c2ccccc2F)c2cc(C)ccc2NC1=O. The molecule has 0 spiro atoms. The van der Waals surface area contributed by atoms with Crippen LogP contribution in [0.3, 0.4) is 0 Å². The zero-order chi connectivity index (χ0) is 18.0. The number of aliphatic imine (C=N–C) groups is 1. The molecule has 1 atom stereocenters. The first-order valence-corrected chi connectivity index (χ1v) is 7.92. The summed E-state index contributed by atoms with van der Waals surface area (Å²) in [5.74, 6) is -1.85. The lowest BCUT2D eigenvalue weighted by Gasteiger charge is -2.11. The lowest BCUT2D eigenvalue weighted by Crippen LogP contribution is -2.34. The van der Waals surface area contributed by atoms with Crippen molar-refractivity contribution in [2.75, 3.05) is 11.9 Å². The van der Waals surface area contributed by atoms with Crippen LogP contribution in [0.2, 0.25) is 0 Å². The van der Waals surface area contributed by atoms with Crippen molar-refractivity contribution in [2.45, 2.75) is 19.9 Å². The molecule has 5 nitrogen and oxygen atoms in total. The Morgan fingerprint density at radius 1 is 1.24 bits per heavy atom. The highest BCUT2D eigenvalue weighted by Crippen LogP contribution is 2.26. The number of ether oxygens (including phenoxy) is 1. The second-order valence-electron chi connectivity index (χ2n) is 5.65. The van der Waals surface area contributed by atoms with Gasteiger partial charge in [-0.25, -0.2) is 9.18 Å². The van der Waals surface area contributed by atoms with Crippen LogP contribution in [0.25, 0.3) is 0 Å². The van der Waals surface area contributed by atoms with Crippen LogP contribution in [-0.2, 0) is 14.3 Å². The minimum atomic E-state index is -1.39. The van der Waals surface area contributed by atoms with Crippen LogP contribution >= 0.6 is 0 Å². The minimum Gasteiger partial charge on any atom is -0.464 e. The standard InChI is InChI=1S/C19H17FN2O3/c1-3-25-19(24)17-18(23)21-15-9-8-11(2)10-13(15)16(22-17)12-6-4-5-7-14(12)20/h4-10,17H,3H2,1-2H3,(H,21,23). The third-order valence-corrected chi connectivity index (χ3v) is 3.83. The number of amides is 1. The number of carbonyl (C=O) groups excluding carboxylic acids is 2. The van der Waals surface area contributed by atoms with E-state index in [0.29, 0.717) is 11.3 Å². The lowest BCUT2D eigenvalue weighted by atomic mass is 9.98. The van der Waals surface area contributed by atoms with Crippen molar-refractivity contribution in [3.8, 4) is 0 Å². The summed E-state index contributed by atoms with van der Waals surface area (Å²) in [6.07, 6.45) is 0. The van der Waals surface area contributed by atoms with Gasteiger partial charge in [-0.15, -0.1) is 0 Å². The van der Waals surface area contributed by atoms with E-state index < -0.39 is 23.7 Å². The van der Waals surface area contributed by atoms with Gasteiger partial charge in [-0.05, 0) is 38.1 Å². The van der Waals surface area contributed by atoms with Gasteiger partial charge in [-0.2, -0.15) is 0 Å². The van der Waals surface area contributed by atoms with E-state index in [4.69, 9.17) is 4.74 Å². The first-order valence-electron chi connectivity index (χ1n) is 7.92. The number of nitrogens with one attached hydrogen (secondary N) is 1. The van der Waals surface area contributed by atoms with Crippen molar-refractivity contribution in [1.29, 1.82) is 0 Å². The smallest absolute Gasteiger partial charge is 0.340 e. The van der Waals surface area contributed by atoms with Crippen molar-refractivity contribution in [1.82, 2.24) is 0 Å². The maximum Gasteiger partial charge on any atom is 0.340 e. The van der Waals surface area contributed by atoms with E-state index in [1.54, 1.807) is 37.3 Å². The largest absolute Gasteiger partial charge is 0.464 e. The zero-order valence-corrected chi connectivity index (χ0v) is 13.9. The summed E-state index contributed by atoms with van der Waals surface area (Å²) in [6, 6.07) is 10.1. The van der Waals surface area contributed by atoms with Gasteiger partial charge in [0.05, 0.1) is 18.0 Å². The highest BCUT2D eigenvalue weighted by atomic mass is 19.1. The number of benzene rings is 2. The fourth-order valence-electron chi connectivity index (χ4n) is 2.67. The van der Waals surface area contributed by atoms with E-state index in [1.165, 1.54) is 6.07 Å². The number of halogens is 1. The monoisotopic (exact) mass is 340 g/mol. The second-order valence-corrected chi connectivity index (χ2v) is 5.65. The Bertz CT molecular complexity index is 877. The molecule has 128 valence electrons. The zero-order valence-electron chi connectivity index (χ0n) is 13.9. The fourth-order valence-corrected chi connectivity index (χ4v) is 2.67. The number of esters is 1. The quantitative estimate of drug-likeness (QED) is 0.690. The lowest BCUT2D eigenvalue weighted by molar-refractivity contribution is -0.146. The molecule has 25 heavy (non-hydrogen) atoms. The van der Waals surface area contributed by atoms with Crippen LogP contribution in [0.15, 0.2) is 47.5 Å². The predicted octanol–water partition coefficient (Wildman–Crippen LogP) is 2.86. The van der Waals surface area contributed by atoms with Crippen LogP contribution < -0.4 is 5.32 Å². The number of nitrogens with zero attached hydrogens (tertiary/aromatic N) is 1. The van der Waals surface area contributed by atoms with Crippen LogP contribution in [0.5, 0.6) is 0 Å². The van der Waals surface area contributed by atoms with Gasteiger partial charge < -0.3 is 10.1 Å². The molecule has 1 N–H and O–H groups in total. The maximum absolute atomic E-state index is 14.4. The number of rotatable bonds is 3. The Balaban J connectivity index is 2.22. The number of aryl methyl sites for hydroxylation is 1. The van der Waals surface area contributed by atoms with E-state index in [0.717, 1.165) is 5.56 Å². The highest BCUT2D eigenvalue weighted by Gasteiger charge is 2.33. The first kappa shape index (κ1) is 16.8. The summed E-state index contributed by atoms with van der Waals surface area (Å²) in [6.45, 7) is 3.65. The summed E-state index contributed by atoms with van der Waals surface area (Å²) in [4.78, 5) is 28.9. The molecule has 1 unspecified atom stereocenters. The van der Waals surface area contributed by atoms with Gasteiger partial charge in [0.1, 0.15) is 5.82 Å². The Labute approximate surface area is 144 Å². The number of fused-ring (bicyclic) bond motifs is 1. The molecule has 1 aliphatic rings. The Morgan fingerprint density at radius 2 is 2.00 bits per heavy atom. The summed E-state index contributed by atoms with van der Waals surface area (Å²) >= 11 is 0. The Hall–Kier alpha value is -3.02. The molecule has 3 rings (SSSR count). The summed E-state index contributed by atoms with van der Waals surface area (Å²) in [5.41, 5.74) is 2.43. The molecule has 2 aromatic carbocycles. The van der Waals surface area contributed by atoms with Crippen LogP contribution in [0.4, 0.5) is 10.1 Å². The number of hydrogen-bond acceptors (Lipinski definition) is 4.